The Morgan fingerprint density at radius 2 is 1.73 bits per heavy atom. The third kappa shape index (κ3) is 3.43. The van der Waals surface area contributed by atoms with Gasteiger partial charge in [-0.15, -0.1) is 0 Å². The van der Waals surface area contributed by atoms with Gasteiger partial charge < -0.3 is 14.5 Å². The number of rotatable bonds is 3. The van der Waals surface area contributed by atoms with E-state index >= 15 is 0 Å². The van der Waals surface area contributed by atoms with Gasteiger partial charge in [-0.05, 0) is 76.1 Å². The van der Waals surface area contributed by atoms with Gasteiger partial charge in [0.2, 0.25) is 0 Å². The van der Waals surface area contributed by atoms with E-state index in [0.29, 0.717) is 11.5 Å². The molecule has 1 aromatic heterocycles. The molecule has 0 bridgehead atoms. The van der Waals surface area contributed by atoms with Crippen molar-refractivity contribution in [3.05, 3.63) is 41.5 Å². The molecule has 0 saturated carbocycles. The lowest BCUT2D eigenvalue weighted by Gasteiger charge is -2.17. The average Bonchev–Trinajstić information content (AvgIpc) is 2.97. The molecule has 0 aliphatic heterocycles. The summed E-state index contributed by atoms with van der Waals surface area (Å²) in [4.78, 5) is 20.2. The SMILES string of the molecule is COc1cc(-c2nc3cc(C)c(C)cc3[nH]2)ccc1OC(=O)C(C)(C)C. The van der Waals surface area contributed by atoms with E-state index < -0.39 is 5.41 Å². The van der Waals surface area contributed by atoms with Crippen LogP contribution in [0.2, 0.25) is 0 Å². The Hall–Kier alpha value is -2.82. The summed E-state index contributed by atoms with van der Waals surface area (Å²) in [5.74, 6) is 1.34. The molecule has 5 heteroatoms. The van der Waals surface area contributed by atoms with Gasteiger partial charge in [0.15, 0.2) is 11.5 Å². The molecule has 0 atom stereocenters. The van der Waals surface area contributed by atoms with Crippen LogP contribution in [0.4, 0.5) is 0 Å². The molecular formula is C21H24N2O3. The van der Waals surface area contributed by atoms with Crippen LogP contribution in [0.15, 0.2) is 30.3 Å². The van der Waals surface area contributed by atoms with Crippen LogP contribution >= 0.6 is 0 Å². The lowest BCUT2D eigenvalue weighted by atomic mass is 9.97. The number of hydrogen-bond acceptors (Lipinski definition) is 4. The van der Waals surface area contributed by atoms with Crippen LogP contribution in [0.1, 0.15) is 31.9 Å². The summed E-state index contributed by atoms with van der Waals surface area (Å²) in [6.07, 6.45) is 0. The van der Waals surface area contributed by atoms with Crippen LogP contribution in [0.3, 0.4) is 0 Å². The van der Waals surface area contributed by atoms with Crippen molar-refractivity contribution in [2.45, 2.75) is 34.6 Å². The van der Waals surface area contributed by atoms with Crippen molar-refractivity contribution in [2.24, 2.45) is 5.41 Å². The Kier molecular flexibility index (Phi) is 4.48. The topological polar surface area (TPSA) is 64.2 Å². The monoisotopic (exact) mass is 352 g/mol. The first-order valence-electron chi connectivity index (χ1n) is 8.56. The molecule has 0 saturated heterocycles. The minimum Gasteiger partial charge on any atom is -0.493 e. The second kappa shape index (κ2) is 6.48. The second-order valence-electron chi connectivity index (χ2n) is 7.54. The molecule has 3 aromatic rings. The zero-order chi connectivity index (χ0) is 19.1. The quantitative estimate of drug-likeness (QED) is 0.543. The summed E-state index contributed by atoms with van der Waals surface area (Å²) in [5.41, 5.74) is 4.62. The molecule has 0 fully saturated rings. The van der Waals surface area contributed by atoms with Gasteiger partial charge in [-0.25, -0.2) is 4.98 Å². The number of ether oxygens (including phenoxy) is 2. The van der Waals surface area contributed by atoms with Crippen LogP contribution in [-0.2, 0) is 4.79 Å². The summed E-state index contributed by atoms with van der Waals surface area (Å²) in [6, 6.07) is 9.59. The number of H-pyrrole nitrogens is 1. The number of aryl methyl sites for hydroxylation is 2. The highest BCUT2D eigenvalue weighted by Gasteiger charge is 2.25. The second-order valence-corrected chi connectivity index (χ2v) is 7.54. The van der Waals surface area contributed by atoms with E-state index in [1.807, 2.05) is 32.9 Å². The zero-order valence-electron chi connectivity index (χ0n) is 16.1. The largest absolute Gasteiger partial charge is 0.493 e. The number of benzene rings is 2. The molecule has 1 heterocycles. The fourth-order valence-corrected chi connectivity index (χ4v) is 2.56. The van der Waals surface area contributed by atoms with E-state index in [-0.39, 0.29) is 5.97 Å². The summed E-state index contributed by atoms with van der Waals surface area (Å²) < 4.78 is 10.9. The van der Waals surface area contributed by atoms with Crippen LogP contribution in [0.5, 0.6) is 11.5 Å². The van der Waals surface area contributed by atoms with Crippen LogP contribution in [-0.4, -0.2) is 23.0 Å². The van der Waals surface area contributed by atoms with Gasteiger partial charge in [-0.2, -0.15) is 0 Å². The van der Waals surface area contributed by atoms with Gasteiger partial charge in [0, 0.05) is 5.56 Å². The number of aromatic nitrogens is 2. The Bertz CT molecular complexity index is 942. The average molecular weight is 352 g/mol. The van der Waals surface area contributed by atoms with Gasteiger partial charge >= 0.3 is 5.97 Å². The maximum atomic E-state index is 12.1. The molecule has 0 spiro atoms. The number of carbonyl (C=O) groups is 1. The molecule has 0 amide bonds. The van der Waals surface area contributed by atoms with Gasteiger partial charge in [0.25, 0.3) is 0 Å². The van der Waals surface area contributed by atoms with E-state index in [4.69, 9.17) is 9.47 Å². The predicted octanol–water partition coefficient (Wildman–Crippen LogP) is 4.81. The van der Waals surface area contributed by atoms with Crippen molar-refractivity contribution in [3.63, 3.8) is 0 Å². The van der Waals surface area contributed by atoms with Crippen LogP contribution in [0, 0.1) is 19.3 Å². The molecule has 2 aromatic carbocycles. The predicted molar refractivity (Wildman–Crippen MR) is 103 cm³/mol. The third-order valence-corrected chi connectivity index (χ3v) is 4.35. The molecular weight excluding hydrogens is 328 g/mol. The first-order chi connectivity index (χ1) is 12.2. The molecule has 0 aliphatic rings. The van der Waals surface area contributed by atoms with E-state index in [9.17, 15) is 4.79 Å². The highest BCUT2D eigenvalue weighted by atomic mass is 16.6. The highest BCUT2D eigenvalue weighted by Crippen LogP contribution is 2.34. The van der Waals surface area contributed by atoms with Crippen molar-refractivity contribution in [2.75, 3.05) is 7.11 Å². The highest BCUT2D eigenvalue weighted by molar-refractivity contribution is 5.82. The van der Waals surface area contributed by atoms with Crippen molar-refractivity contribution < 1.29 is 14.3 Å². The minimum absolute atomic E-state index is 0.307. The molecule has 1 N–H and O–H groups in total. The van der Waals surface area contributed by atoms with Crippen molar-refractivity contribution >= 4 is 17.0 Å². The van der Waals surface area contributed by atoms with E-state index in [1.54, 1.807) is 13.2 Å². The molecule has 0 unspecified atom stereocenters. The Morgan fingerprint density at radius 3 is 2.38 bits per heavy atom. The van der Waals surface area contributed by atoms with Gasteiger partial charge in [-0.1, -0.05) is 0 Å². The van der Waals surface area contributed by atoms with Gasteiger partial charge in [0.05, 0.1) is 23.6 Å². The van der Waals surface area contributed by atoms with E-state index in [1.165, 1.54) is 11.1 Å². The number of carbonyl (C=O) groups excluding carboxylic acids is 1. The zero-order valence-corrected chi connectivity index (χ0v) is 16.1. The van der Waals surface area contributed by atoms with Crippen LogP contribution in [0.25, 0.3) is 22.4 Å². The summed E-state index contributed by atoms with van der Waals surface area (Å²) in [5, 5.41) is 0. The Labute approximate surface area is 153 Å². The molecule has 0 radical (unpaired) electrons. The lowest BCUT2D eigenvalue weighted by molar-refractivity contribution is -0.143. The standard InChI is InChI=1S/C21H24N2O3/c1-12-9-15-16(10-13(12)2)23-19(22-15)14-7-8-17(18(11-14)25-6)26-20(24)21(3,4)5/h7-11H,1-6H3,(H,22,23). The number of nitrogens with zero attached hydrogens (tertiary/aromatic N) is 1. The van der Waals surface area contributed by atoms with Crippen molar-refractivity contribution in [1.82, 2.24) is 9.97 Å². The maximum absolute atomic E-state index is 12.1. The van der Waals surface area contributed by atoms with E-state index in [2.05, 4.69) is 35.9 Å². The normalized spacial score (nSPS) is 11.6. The molecule has 3 rings (SSSR count). The van der Waals surface area contributed by atoms with Crippen molar-refractivity contribution in [3.8, 4) is 22.9 Å². The third-order valence-electron chi connectivity index (χ3n) is 4.35. The number of imidazole rings is 1. The van der Waals surface area contributed by atoms with Crippen LogP contribution < -0.4 is 9.47 Å². The number of fused-ring (bicyclic) bond motifs is 1. The number of methoxy groups -OCH3 is 1. The first-order valence-corrected chi connectivity index (χ1v) is 8.56. The number of esters is 1. The number of hydrogen-bond donors (Lipinski definition) is 1. The van der Waals surface area contributed by atoms with Gasteiger partial charge in [0.1, 0.15) is 5.82 Å². The smallest absolute Gasteiger partial charge is 0.316 e. The molecule has 5 nitrogen and oxygen atoms in total. The summed E-state index contributed by atoms with van der Waals surface area (Å²) in [6.45, 7) is 9.60. The Morgan fingerprint density at radius 1 is 1.04 bits per heavy atom. The van der Waals surface area contributed by atoms with E-state index in [0.717, 1.165) is 22.4 Å². The molecule has 0 aliphatic carbocycles. The summed E-state index contributed by atoms with van der Waals surface area (Å²) >= 11 is 0. The fourth-order valence-electron chi connectivity index (χ4n) is 2.56. The summed E-state index contributed by atoms with van der Waals surface area (Å²) in [7, 11) is 1.55. The maximum Gasteiger partial charge on any atom is 0.316 e. The Balaban J connectivity index is 1.98. The van der Waals surface area contributed by atoms with Crippen molar-refractivity contribution in [1.29, 1.82) is 0 Å². The molecule has 26 heavy (non-hydrogen) atoms. The fraction of sp³-hybridized carbons (Fsp3) is 0.333. The number of nitrogens with one attached hydrogen (secondary N) is 1. The lowest BCUT2D eigenvalue weighted by Crippen LogP contribution is -2.25. The minimum atomic E-state index is -0.585. The molecule has 136 valence electrons. The first kappa shape index (κ1) is 18.0. The van der Waals surface area contributed by atoms with Gasteiger partial charge in [-0.3, -0.25) is 4.79 Å². The number of aromatic amines is 1.